The van der Waals surface area contributed by atoms with Crippen LogP contribution in [0.15, 0.2) is 91.0 Å². The van der Waals surface area contributed by atoms with Crippen molar-refractivity contribution >= 4 is 23.2 Å². The lowest BCUT2D eigenvalue weighted by molar-refractivity contribution is -0.497. The fraction of sp³-hybridized carbons (Fsp3) is 0.243. The van der Waals surface area contributed by atoms with Crippen molar-refractivity contribution in [2.75, 3.05) is 19.8 Å². The van der Waals surface area contributed by atoms with E-state index in [0.29, 0.717) is 65.6 Å². The fourth-order valence-corrected chi connectivity index (χ4v) is 5.64. The van der Waals surface area contributed by atoms with Crippen molar-refractivity contribution in [3.63, 3.8) is 0 Å². The number of unbranched alkanes of at least 4 members (excludes halogenated alkanes) is 1. The zero-order chi connectivity index (χ0) is 40.1. The molecule has 6 rings (SSSR count). The molecule has 0 saturated heterocycles. The van der Waals surface area contributed by atoms with E-state index in [-0.39, 0.29) is 37.7 Å². The number of nitrogens with zero attached hydrogens (tertiary/aromatic N) is 8. The van der Waals surface area contributed by atoms with E-state index in [1.54, 1.807) is 30.3 Å². The van der Waals surface area contributed by atoms with Crippen LogP contribution in [0.1, 0.15) is 41.3 Å². The van der Waals surface area contributed by atoms with Crippen molar-refractivity contribution < 1.29 is 59.0 Å². The fourth-order valence-electron chi connectivity index (χ4n) is 5.64. The molecule has 6 aromatic rings. The number of para-hydroxylation sites is 1. The van der Waals surface area contributed by atoms with Gasteiger partial charge in [-0.25, -0.2) is 14.4 Å². The molecule has 0 bridgehead atoms. The third-order valence-electron chi connectivity index (χ3n) is 8.20. The normalized spacial score (nSPS) is 11.4. The maximum absolute atomic E-state index is 13.2. The Kier molecular flexibility index (Phi) is 13.8. The number of hydrogen-bond acceptors (Lipinski definition) is 18. The molecule has 0 radical (unpaired) electrons. The second-order valence-electron chi connectivity index (χ2n) is 12.0. The Morgan fingerprint density at radius 1 is 0.772 bits per heavy atom. The van der Waals surface area contributed by atoms with Gasteiger partial charge in [-0.1, -0.05) is 66.7 Å². The summed E-state index contributed by atoms with van der Waals surface area (Å²) in [5, 5.41) is 46.4. The monoisotopic (exact) mass is 786 g/mol. The number of imidazole rings is 1. The molecule has 2 heterocycles. The molecule has 0 aliphatic rings. The highest BCUT2D eigenvalue weighted by Crippen LogP contribution is 2.31. The number of tetrazole rings is 1. The zero-order valence-electron chi connectivity index (χ0n) is 30.4. The van der Waals surface area contributed by atoms with Crippen molar-refractivity contribution in [1.82, 2.24) is 40.5 Å². The first kappa shape index (κ1) is 40.3. The first-order valence-electron chi connectivity index (χ1n) is 17.5. The summed E-state index contributed by atoms with van der Waals surface area (Å²) in [6.07, 6.45) is -0.117. The van der Waals surface area contributed by atoms with Crippen LogP contribution in [-0.4, -0.2) is 93.3 Å². The Balaban J connectivity index is 1.11. The lowest BCUT2D eigenvalue weighted by Crippen LogP contribution is -2.15. The number of aromatic nitrogens is 6. The van der Waals surface area contributed by atoms with Crippen molar-refractivity contribution in [2.45, 2.75) is 39.6 Å². The molecule has 0 spiro atoms. The van der Waals surface area contributed by atoms with Crippen molar-refractivity contribution in [2.24, 2.45) is 0 Å². The van der Waals surface area contributed by atoms with E-state index in [2.05, 4.69) is 30.1 Å². The third-order valence-corrected chi connectivity index (χ3v) is 8.20. The molecule has 0 unspecified atom stereocenters. The van der Waals surface area contributed by atoms with Crippen LogP contribution in [0.3, 0.4) is 0 Å². The molecule has 0 fully saturated rings. The number of hydrogen-bond donors (Lipinski definition) is 4. The molecule has 2 aromatic heterocycles. The van der Waals surface area contributed by atoms with Gasteiger partial charge in [0.05, 0.1) is 60.3 Å². The van der Waals surface area contributed by atoms with E-state index in [9.17, 15) is 9.59 Å². The summed E-state index contributed by atoms with van der Waals surface area (Å²) in [6, 6.07) is 27.0. The lowest BCUT2D eigenvalue weighted by atomic mass is 9.98. The largest absolute Gasteiger partial charge is 0.515 e. The van der Waals surface area contributed by atoms with Gasteiger partial charge in [0, 0.05) is 5.56 Å². The smallest absolute Gasteiger partial charge is 0.465 e. The number of ether oxygens (including phenoxy) is 4. The maximum atomic E-state index is 13.2. The van der Waals surface area contributed by atoms with Gasteiger partial charge >= 0.3 is 12.1 Å². The van der Waals surface area contributed by atoms with Crippen molar-refractivity contribution in [3.8, 4) is 34.3 Å². The number of carbonyl (C=O) groups excluding carboxylic acids is 2. The molecular formula is C37H38N8O12. The minimum absolute atomic E-state index is 0.0419. The average Bonchev–Trinajstić information content (AvgIpc) is 3.83. The summed E-state index contributed by atoms with van der Waals surface area (Å²) in [5.74, 6) is -0.0404. The van der Waals surface area contributed by atoms with E-state index in [1.165, 1.54) is 12.1 Å². The van der Waals surface area contributed by atoms with Gasteiger partial charge in [-0.15, -0.1) is 15.0 Å². The Bertz CT molecular complexity index is 2240. The van der Waals surface area contributed by atoms with Crippen LogP contribution >= 0.6 is 0 Å². The first-order chi connectivity index (χ1) is 27.7. The Hall–Kier alpha value is -6.36. The number of rotatable bonds is 19. The van der Waals surface area contributed by atoms with E-state index < -0.39 is 17.5 Å². The minimum atomic E-state index is -0.998. The summed E-state index contributed by atoms with van der Waals surface area (Å²) in [7, 11) is 0. The van der Waals surface area contributed by atoms with Gasteiger partial charge in [0.2, 0.25) is 12.6 Å². The summed E-state index contributed by atoms with van der Waals surface area (Å²) >= 11 is 0. The molecule has 20 heteroatoms. The molecule has 4 N–H and O–H groups in total. The van der Waals surface area contributed by atoms with Crippen molar-refractivity contribution in [1.29, 1.82) is 0 Å². The second kappa shape index (κ2) is 19.5. The summed E-state index contributed by atoms with van der Waals surface area (Å²) in [4.78, 5) is 40.3. The minimum Gasteiger partial charge on any atom is -0.465 e. The second-order valence-corrected chi connectivity index (χ2v) is 12.0. The first-order valence-corrected chi connectivity index (χ1v) is 17.5. The summed E-state index contributed by atoms with van der Waals surface area (Å²) < 4.78 is 23.5. The zero-order valence-corrected chi connectivity index (χ0v) is 30.4. The van der Waals surface area contributed by atoms with E-state index in [4.69, 9.17) is 39.8 Å². The van der Waals surface area contributed by atoms with Crippen LogP contribution in [0.25, 0.3) is 33.5 Å². The molecule has 0 amide bonds. The molecule has 57 heavy (non-hydrogen) atoms. The maximum Gasteiger partial charge on any atom is 0.515 e. The number of benzene rings is 4. The van der Waals surface area contributed by atoms with Crippen LogP contribution in [-0.2, 0) is 39.0 Å². The average molecular weight is 787 g/mol. The molecule has 0 aliphatic carbocycles. The quantitative estimate of drug-likeness (QED) is 0.0346. The SMILES string of the molecule is CCOc1nc2cccc(C(=O)OCCCCON(O)O)c2n1Cc1ccc(-c2ccccc2-c2nnn(COC(=O)Oc3ccc(CON(O)O)cc3)n2)cc1. The Morgan fingerprint density at radius 2 is 1.49 bits per heavy atom. The van der Waals surface area contributed by atoms with E-state index in [0.717, 1.165) is 21.5 Å². The number of fused-ring (bicyclic) bond motifs is 1. The highest BCUT2D eigenvalue weighted by molar-refractivity contribution is 6.02. The molecule has 20 nitrogen and oxygen atoms in total. The van der Waals surface area contributed by atoms with Gasteiger partial charge < -0.3 is 18.9 Å². The van der Waals surface area contributed by atoms with Crippen molar-refractivity contribution in [3.05, 3.63) is 108 Å². The number of esters is 1. The lowest BCUT2D eigenvalue weighted by Gasteiger charge is -2.13. The summed E-state index contributed by atoms with van der Waals surface area (Å²) in [6.45, 7) is 2.21. The topological polar surface area (TPSA) is 238 Å². The molecule has 0 atom stereocenters. The molecule has 0 saturated carbocycles. The molecule has 4 aromatic carbocycles. The Morgan fingerprint density at radius 3 is 2.23 bits per heavy atom. The highest BCUT2D eigenvalue weighted by Gasteiger charge is 2.21. The van der Waals surface area contributed by atoms with Gasteiger partial charge in [-0.05, 0) is 71.5 Å². The van der Waals surface area contributed by atoms with E-state index >= 15 is 0 Å². The van der Waals surface area contributed by atoms with Gasteiger partial charge in [0.25, 0.3) is 6.01 Å². The highest BCUT2D eigenvalue weighted by atomic mass is 17.1. The van der Waals surface area contributed by atoms with Crippen LogP contribution < -0.4 is 9.47 Å². The van der Waals surface area contributed by atoms with Gasteiger partial charge in [-0.2, -0.15) is 4.98 Å². The van der Waals surface area contributed by atoms with Gasteiger partial charge in [-0.3, -0.25) is 30.2 Å². The predicted molar refractivity (Wildman–Crippen MR) is 193 cm³/mol. The summed E-state index contributed by atoms with van der Waals surface area (Å²) in [5.41, 5.74) is 5.33. The molecule has 298 valence electrons. The van der Waals surface area contributed by atoms with Crippen LogP contribution in [0.4, 0.5) is 4.79 Å². The predicted octanol–water partition coefficient (Wildman–Crippen LogP) is 5.44. The third kappa shape index (κ3) is 10.9. The molecule has 0 aliphatic heterocycles. The standard InChI is InChI=1S/C37H38N8O12/c1-2-52-36-38-32-11-7-10-31(35(46)53-20-5-6-21-55-44(48)49)33(32)42(36)22-25-12-16-27(17-13-25)29-8-3-4-9-30(29)34-39-41-43(40-34)24-54-37(47)57-28-18-14-26(15-19-28)23-56-45(50)51/h3-4,7-19,48-51H,2,5-6,20-24H2,1H3. The van der Waals surface area contributed by atoms with Crippen LogP contribution in [0, 0.1) is 0 Å². The van der Waals surface area contributed by atoms with Gasteiger partial charge in [0.15, 0.2) is 0 Å². The number of carbonyl (C=O) groups is 2. The Labute approximate surface area is 323 Å². The van der Waals surface area contributed by atoms with Crippen LogP contribution in [0.5, 0.6) is 11.8 Å². The van der Waals surface area contributed by atoms with Crippen LogP contribution in [0.2, 0.25) is 0 Å². The molecular weight excluding hydrogens is 748 g/mol. The van der Waals surface area contributed by atoms with E-state index in [1.807, 2.05) is 60.0 Å². The van der Waals surface area contributed by atoms with Gasteiger partial charge in [0.1, 0.15) is 5.75 Å².